The lowest BCUT2D eigenvalue weighted by Crippen LogP contribution is -2.26. The Balaban J connectivity index is 2.68. The molecule has 1 rings (SSSR count). The molecule has 0 fully saturated rings. The van der Waals surface area contributed by atoms with E-state index in [4.69, 9.17) is 5.26 Å². The standard InChI is InChI=1S/C6H7N3/c1-6-4-8-2-3-9(6)5-7/h2-4,6H,1H3. The van der Waals surface area contributed by atoms with Gasteiger partial charge in [0.25, 0.3) is 0 Å². The van der Waals surface area contributed by atoms with E-state index in [2.05, 4.69) is 4.99 Å². The average molecular weight is 121 g/mol. The van der Waals surface area contributed by atoms with Crippen molar-refractivity contribution in [1.29, 1.82) is 5.26 Å². The molecule has 0 amide bonds. The van der Waals surface area contributed by atoms with Crippen LogP contribution < -0.4 is 0 Å². The Morgan fingerprint density at radius 2 is 2.56 bits per heavy atom. The van der Waals surface area contributed by atoms with E-state index in [1.807, 2.05) is 13.1 Å². The largest absolute Gasteiger partial charge is 0.277 e. The zero-order valence-electron chi connectivity index (χ0n) is 5.15. The third-order valence-corrected chi connectivity index (χ3v) is 1.17. The fourth-order valence-electron chi connectivity index (χ4n) is 0.617. The molecule has 1 atom stereocenters. The number of aliphatic imine (C=N–C) groups is 1. The van der Waals surface area contributed by atoms with E-state index in [1.165, 1.54) is 4.90 Å². The summed E-state index contributed by atoms with van der Waals surface area (Å²) in [5, 5.41) is 8.42. The Bertz CT molecular complexity index is 187. The minimum atomic E-state index is 0.111. The molecule has 3 heteroatoms. The van der Waals surface area contributed by atoms with Gasteiger partial charge >= 0.3 is 0 Å². The zero-order chi connectivity index (χ0) is 6.69. The highest BCUT2D eigenvalue weighted by molar-refractivity contribution is 5.66. The van der Waals surface area contributed by atoms with E-state index in [9.17, 15) is 0 Å². The molecule has 0 aromatic rings. The summed E-state index contributed by atoms with van der Waals surface area (Å²) in [7, 11) is 0. The van der Waals surface area contributed by atoms with Gasteiger partial charge in [0.15, 0.2) is 6.19 Å². The maximum Gasteiger partial charge on any atom is 0.184 e. The van der Waals surface area contributed by atoms with Gasteiger partial charge in [0, 0.05) is 18.6 Å². The quantitative estimate of drug-likeness (QED) is 0.443. The van der Waals surface area contributed by atoms with E-state index in [1.54, 1.807) is 18.6 Å². The summed E-state index contributed by atoms with van der Waals surface area (Å²) < 4.78 is 0. The van der Waals surface area contributed by atoms with Crippen LogP contribution in [0.1, 0.15) is 6.92 Å². The van der Waals surface area contributed by atoms with E-state index >= 15 is 0 Å². The van der Waals surface area contributed by atoms with Crippen molar-refractivity contribution in [2.75, 3.05) is 0 Å². The molecule has 1 aliphatic heterocycles. The van der Waals surface area contributed by atoms with E-state index in [0.717, 1.165) is 0 Å². The summed E-state index contributed by atoms with van der Waals surface area (Å²) in [4.78, 5) is 5.39. The van der Waals surface area contributed by atoms with Gasteiger partial charge in [0.05, 0.1) is 6.04 Å². The van der Waals surface area contributed by atoms with Crippen molar-refractivity contribution in [1.82, 2.24) is 4.90 Å². The topological polar surface area (TPSA) is 39.4 Å². The van der Waals surface area contributed by atoms with Crippen LogP contribution in [0, 0.1) is 11.5 Å². The molecule has 0 bridgehead atoms. The SMILES string of the molecule is CC1C=NC=CN1C#N. The summed E-state index contributed by atoms with van der Waals surface area (Å²) in [5.74, 6) is 0. The van der Waals surface area contributed by atoms with Gasteiger partial charge in [-0.3, -0.25) is 9.89 Å². The van der Waals surface area contributed by atoms with Crippen molar-refractivity contribution in [3.8, 4) is 6.19 Å². The van der Waals surface area contributed by atoms with Crippen molar-refractivity contribution >= 4 is 6.21 Å². The summed E-state index contributed by atoms with van der Waals surface area (Å²) in [5.41, 5.74) is 0. The number of hydrogen-bond acceptors (Lipinski definition) is 3. The van der Waals surface area contributed by atoms with Gasteiger partial charge in [0.1, 0.15) is 0 Å². The first-order valence-electron chi connectivity index (χ1n) is 2.72. The number of nitriles is 1. The van der Waals surface area contributed by atoms with Crippen LogP contribution in [0.25, 0.3) is 0 Å². The third-order valence-electron chi connectivity index (χ3n) is 1.17. The molecule has 0 aromatic heterocycles. The molecule has 9 heavy (non-hydrogen) atoms. The predicted octanol–water partition coefficient (Wildman–Crippen LogP) is 0.714. The van der Waals surface area contributed by atoms with E-state index in [-0.39, 0.29) is 6.04 Å². The lowest BCUT2D eigenvalue weighted by Gasteiger charge is -2.16. The second kappa shape index (κ2) is 2.31. The Kier molecular flexibility index (Phi) is 1.50. The van der Waals surface area contributed by atoms with Crippen molar-refractivity contribution in [3.05, 3.63) is 12.4 Å². The fraction of sp³-hybridized carbons (Fsp3) is 0.333. The first-order valence-corrected chi connectivity index (χ1v) is 2.72. The first kappa shape index (κ1) is 5.83. The van der Waals surface area contributed by atoms with Crippen molar-refractivity contribution < 1.29 is 0 Å². The minimum Gasteiger partial charge on any atom is -0.277 e. The van der Waals surface area contributed by atoms with Gasteiger partial charge in [0.2, 0.25) is 0 Å². The monoisotopic (exact) mass is 121 g/mol. The average Bonchev–Trinajstić information content (AvgIpc) is 1.89. The number of rotatable bonds is 0. The highest BCUT2D eigenvalue weighted by Crippen LogP contribution is 1.99. The van der Waals surface area contributed by atoms with Gasteiger partial charge < -0.3 is 0 Å². The first-order chi connectivity index (χ1) is 4.34. The molecule has 1 heterocycles. The van der Waals surface area contributed by atoms with Gasteiger partial charge in [-0.1, -0.05) is 0 Å². The molecule has 0 aliphatic carbocycles. The van der Waals surface area contributed by atoms with Gasteiger partial charge in [-0.25, -0.2) is 0 Å². The second-order valence-electron chi connectivity index (χ2n) is 1.84. The predicted molar refractivity (Wildman–Crippen MR) is 34.5 cm³/mol. The third kappa shape index (κ3) is 1.08. The molecule has 3 nitrogen and oxygen atoms in total. The summed E-state index contributed by atoms with van der Waals surface area (Å²) in [6, 6.07) is 0.111. The maximum atomic E-state index is 8.42. The van der Waals surface area contributed by atoms with E-state index < -0.39 is 0 Å². The minimum absolute atomic E-state index is 0.111. The Hall–Kier alpha value is -1.30. The van der Waals surface area contributed by atoms with Crippen molar-refractivity contribution in [2.45, 2.75) is 13.0 Å². The van der Waals surface area contributed by atoms with Gasteiger partial charge in [-0.2, -0.15) is 5.26 Å². The van der Waals surface area contributed by atoms with Crippen LogP contribution in [-0.4, -0.2) is 17.2 Å². The lowest BCUT2D eigenvalue weighted by molar-refractivity contribution is 0.491. The van der Waals surface area contributed by atoms with Gasteiger partial charge in [-0.05, 0) is 6.92 Å². The van der Waals surface area contributed by atoms with Gasteiger partial charge in [-0.15, -0.1) is 0 Å². The Labute approximate surface area is 53.9 Å². The molecule has 0 radical (unpaired) electrons. The molecule has 0 spiro atoms. The molecule has 1 aliphatic rings. The summed E-state index contributed by atoms with van der Waals surface area (Å²) in [6.07, 6.45) is 6.99. The smallest absolute Gasteiger partial charge is 0.184 e. The van der Waals surface area contributed by atoms with Crippen LogP contribution in [0.5, 0.6) is 0 Å². The molecule has 0 saturated carbocycles. The van der Waals surface area contributed by atoms with Crippen LogP contribution >= 0.6 is 0 Å². The molecule has 0 N–H and O–H groups in total. The molecule has 1 unspecified atom stereocenters. The van der Waals surface area contributed by atoms with Crippen LogP contribution in [0.2, 0.25) is 0 Å². The maximum absolute atomic E-state index is 8.42. The zero-order valence-corrected chi connectivity index (χ0v) is 5.15. The second-order valence-corrected chi connectivity index (χ2v) is 1.84. The number of nitrogens with zero attached hydrogens (tertiary/aromatic N) is 3. The Morgan fingerprint density at radius 3 is 3.00 bits per heavy atom. The molecule has 46 valence electrons. The van der Waals surface area contributed by atoms with Crippen LogP contribution in [0.15, 0.2) is 17.4 Å². The van der Waals surface area contributed by atoms with E-state index in [0.29, 0.717) is 0 Å². The van der Waals surface area contributed by atoms with Crippen molar-refractivity contribution in [2.24, 2.45) is 4.99 Å². The molecular formula is C6H7N3. The Morgan fingerprint density at radius 1 is 1.78 bits per heavy atom. The highest BCUT2D eigenvalue weighted by Gasteiger charge is 2.06. The normalized spacial score (nSPS) is 24.0. The molecular weight excluding hydrogens is 114 g/mol. The molecule has 0 aromatic carbocycles. The highest BCUT2D eigenvalue weighted by atomic mass is 15.1. The van der Waals surface area contributed by atoms with Crippen LogP contribution in [0.3, 0.4) is 0 Å². The van der Waals surface area contributed by atoms with Crippen molar-refractivity contribution in [3.63, 3.8) is 0 Å². The fourth-order valence-corrected chi connectivity index (χ4v) is 0.617. The van der Waals surface area contributed by atoms with Crippen LogP contribution in [-0.2, 0) is 0 Å². The lowest BCUT2D eigenvalue weighted by atomic mass is 10.3. The number of hydrogen-bond donors (Lipinski definition) is 0. The summed E-state index contributed by atoms with van der Waals surface area (Å²) >= 11 is 0. The molecule has 0 saturated heterocycles. The summed E-state index contributed by atoms with van der Waals surface area (Å²) in [6.45, 7) is 1.91. The van der Waals surface area contributed by atoms with Crippen LogP contribution in [0.4, 0.5) is 0 Å².